The highest BCUT2D eigenvalue weighted by Crippen LogP contribution is 2.30. The Bertz CT molecular complexity index is 549. The molecular weight excluding hydrogens is 236 g/mol. The molecule has 1 heterocycles. The maximum Gasteiger partial charge on any atom is 0.0513 e. The Morgan fingerprint density at radius 2 is 2.00 bits per heavy atom. The Morgan fingerprint density at radius 3 is 2.74 bits per heavy atom. The van der Waals surface area contributed by atoms with E-state index in [2.05, 4.69) is 47.9 Å². The van der Waals surface area contributed by atoms with Crippen LogP contribution >= 0.6 is 0 Å². The molecule has 19 heavy (non-hydrogen) atoms. The summed E-state index contributed by atoms with van der Waals surface area (Å²) in [6, 6.07) is 15.1. The lowest BCUT2D eigenvalue weighted by Crippen LogP contribution is -2.37. The highest BCUT2D eigenvalue weighted by molar-refractivity contribution is 5.83. The van der Waals surface area contributed by atoms with E-state index >= 15 is 0 Å². The second-order valence-corrected chi connectivity index (χ2v) is 5.23. The van der Waals surface area contributed by atoms with E-state index in [1.165, 1.54) is 22.8 Å². The van der Waals surface area contributed by atoms with Gasteiger partial charge >= 0.3 is 0 Å². The fourth-order valence-corrected chi connectivity index (χ4v) is 2.93. The van der Waals surface area contributed by atoms with Gasteiger partial charge in [-0.25, -0.2) is 0 Å². The van der Waals surface area contributed by atoms with E-state index in [9.17, 15) is 0 Å². The predicted molar refractivity (Wildman–Crippen MR) is 77.6 cm³/mol. The number of fused-ring (bicyclic) bond motifs is 1. The van der Waals surface area contributed by atoms with Crippen molar-refractivity contribution in [3.63, 3.8) is 0 Å². The van der Waals surface area contributed by atoms with Gasteiger partial charge in [-0.2, -0.15) is 0 Å². The maximum atomic E-state index is 5.77. The number of hydrazine groups is 1. The highest BCUT2D eigenvalue weighted by atomic mass is 16.5. The molecule has 2 unspecified atom stereocenters. The molecule has 3 rings (SSSR count). The van der Waals surface area contributed by atoms with Crippen molar-refractivity contribution in [2.24, 2.45) is 11.8 Å². The second-order valence-electron chi connectivity index (χ2n) is 5.23. The molecule has 1 aliphatic rings. The predicted octanol–water partition coefficient (Wildman–Crippen LogP) is 2.77. The summed E-state index contributed by atoms with van der Waals surface area (Å²) < 4.78 is 5.58. The molecule has 1 fully saturated rings. The first-order valence-electron chi connectivity index (χ1n) is 6.91. The molecule has 0 aliphatic carbocycles. The molecule has 0 radical (unpaired) electrons. The lowest BCUT2D eigenvalue weighted by molar-refractivity contribution is 0.0390. The average molecular weight is 256 g/mol. The molecule has 2 aromatic carbocycles. The van der Waals surface area contributed by atoms with Crippen molar-refractivity contribution in [3.8, 4) is 0 Å². The molecule has 0 spiro atoms. The van der Waals surface area contributed by atoms with Gasteiger partial charge in [0.15, 0.2) is 0 Å². The third-order valence-electron chi connectivity index (χ3n) is 3.98. The third-order valence-corrected chi connectivity index (χ3v) is 3.98. The Morgan fingerprint density at radius 1 is 1.16 bits per heavy atom. The van der Waals surface area contributed by atoms with E-state index in [1.807, 2.05) is 0 Å². The number of benzene rings is 2. The van der Waals surface area contributed by atoms with E-state index in [4.69, 9.17) is 10.6 Å². The van der Waals surface area contributed by atoms with Gasteiger partial charge in [0, 0.05) is 12.5 Å². The molecule has 0 bridgehead atoms. The molecule has 1 aliphatic heterocycles. The number of nitrogens with two attached hydrogens (primary N) is 1. The van der Waals surface area contributed by atoms with Gasteiger partial charge in [0.05, 0.1) is 12.6 Å². The molecule has 0 saturated carbocycles. The summed E-state index contributed by atoms with van der Waals surface area (Å²) in [7, 11) is 0. The Balaban J connectivity index is 1.91. The van der Waals surface area contributed by atoms with E-state index in [0.29, 0.717) is 5.92 Å². The van der Waals surface area contributed by atoms with Crippen LogP contribution in [0.2, 0.25) is 0 Å². The Labute approximate surface area is 113 Å². The molecule has 100 valence electrons. The van der Waals surface area contributed by atoms with Gasteiger partial charge in [-0.1, -0.05) is 36.4 Å². The van der Waals surface area contributed by atoms with Crippen LogP contribution < -0.4 is 11.3 Å². The molecule has 2 atom stereocenters. The topological polar surface area (TPSA) is 47.3 Å². The SMILES string of the molecule is NNC(c1ccc2ccccc2c1)C1CCCOC1. The molecule has 0 aromatic heterocycles. The monoisotopic (exact) mass is 256 g/mol. The van der Waals surface area contributed by atoms with Crippen molar-refractivity contribution >= 4 is 10.8 Å². The number of hydrogen-bond acceptors (Lipinski definition) is 3. The largest absolute Gasteiger partial charge is 0.381 e. The van der Waals surface area contributed by atoms with Gasteiger partial charge in [0.25, 0.3) is 0 Å². The van der Waals surface area contributed by atoms with Crippen molar-refractivity contribution in [2.45, 2.75) is 18.9 Å². The molecular formula is C16H20N2O. The number of nitrogens with one attached hydrogen (secondary N) is 1. The van der Waals surface area contributed by atoms with Crippen LogP contribution in [0.4, 0.5) is 0 Å². The smallest absolute Gasteiger partial charge is 0.0513 e. The normalized spacial score (nSPS) is 21.4. The van der Waals surface area contributed by atoms with E-state index in [-0.39, 0.29) is 6.04 Å². The third kappa shape index (κ3) is 2.63. The molecule has 0 amide bonds. The first-order chi connectivity index (χ1) is 9.38. The Kier molecular flexibility index (Phi) is 3.78. The molecule has 3 N–H and O–H groups in total. The fourth-order valence-electron chi connectivity index (χ4n) is 2.93. The summed E-state index contributed by atoms with van der Waals surface area (Å²) >= 11 is 0. The van der Waals surface area contributed by atoms with E-state index in [1.54, 1.807) is 0 Å². The molecule has 2 aromatic rings. The molecule has 1 saturated heterocycles. The fraction of sp³-hybridized carbons (Fsp3) is 0.375. The summed E-state index contributed by atoms with van der Waals surface area (Å²) in [5.74, 6) is 6.23. The summed E-state index contributed by atoms with van der Waals surface area (Å²) in [5.41, 5.74) is 4.22. The van der Waals surface area contributed by atoms with Crippen LogP contribution in [0.15, 0.2) is 42.5 Å². The van der Waals surface area contributed by atoms with Crippen LogP contribution in [0.1, 0.15) is 24.4 Å². The van der Waals surface area contributed by atoms with Crippen LogP contribution in [0.25, 0.3) is 10.8 Å². The quantitative estimate of drug-likeness (QED) is 0.655. The van der Waals surface area contributed by atoms with Gasteiger partial charge in [-0.3, -0.25) is 11.3 Å². The second kappa shape index (κ2) is 5.70. The van der Waals surface area contributed by atoms with Crippen LogP contribution in [0, 0.1) is 5.92 Å². The summed E-state index contributed by atoms with van der Waals surface area (Å²) in [6.45, 7) is 1.67. The van der Waals surface area contributed by atoms with Gasteiger partial charge in [-0.05, 0) is 35.2 Å². The van der Waals surface area contributed by atoms with Crippen molar-refractivity contribution < 1.29 is 4.74 Å². The zero-order valence-corrected chi connectivity index (χ0v) is 11.0. The summed E-state index contributed by atoms with van der Waals surface area (Å²) in [4.78, 5) is 0. The summed E-state index contributed by atoms with van der Waals surface area (Å²) in [5, 5.41) is 2.53. The van der Waals surface area contributed by atoms with E-state index < -0.39 is 0 Å². The van der Waals surface area contributed by atoms with Gasteiger partial charge in [0.1, 0.15) is 0 Å². The van der Waals surface area contributed by atoms with Crippen LogP contribution in [0.3, 0.4) is 0 Å². The summed E-state index contributed by atoms with van der Waals surface area (Å²) in [6.07, 6.45) is 2.29. The average Bonchev–Trinajstić information content (AvgIpc) is 2.49. The van der Waals surface area contributed by atoms with E-state index in [0.717, 1.165) is 19.6 Å². The standard InChI is InChI=1S/C16H20N2O/c17-18-16(15-6-3-9-19-11-15)14-8-7-12-4-1-2-5-13(12)10-14/h1-2,4-5,7-8,10,15-16,18H,3,6,9,11,17H2. The maximum absolute atomic E-state index is 5.77. The zero-order chi connectivity index (χ0) is 13.1. The van der Waals surface area contributed by atoms with Crippen molar-refractivity contribution in [3.05, 3.63) is 48.0 Å². The molecule has 3 nitrogen and oxygen atoms in total. The van der Waals surface area contributed by atoms with Crippen molar-refractivity contribution in [1.29, 1.82) is 0 Å². The van der Waals surface area contributed by atoms with Crippen LogP contribution in [-0.4, -0.2) is 13.2 Å². The number of hydrogen-bond donors (Lipinski definition) is 2. The number of rotatable bonds is 3. The minimum atomic E-state index is 0.171. The van der Waals surface area contributed by atoms with Gasteiger partial charge < -0.3 is 4.74 Å². The molecule has 3 heteroatoms. The minimum Gasteiger partial charge on any atom is -0.381 e. The van der Waals surface area contributed by atoms with Crippen molar-refractivity contribution in [1.82, 2.24) is 5.43 Å². The highest BCUT2D eigenvalue weighted by Gasteiger charge is 2.24. The van der Waals surface area contributed by atoms with Crippen molar-refractivity contribution in [2.75, 3.05) is 13.2 Å². The van der Waals surface area contributed by atoms with Gasteiger partial charge in [0.2, 0.25) is 0 Å². The lowest BCUT2D eigenvalue weighted by atomic mass is 9.88. The zero-order valence-electron chi connectivity index (χ0n) is 11.0. The minimum absolute atomic E-state index is 0.171. The van der Waals surface area contributed by atoms with Gasteiger partial charge in [-0.15, -0.1) is 0 Å². The lowest BCUT2D eigenvalue weighted by Gasteiger charge is -2.30. The number of ether oxygens (including phenoxy) is 1. The van der Waals surface area contributed by atoms with Crippen LogP contribution in [0.5, 0.6) is 0 Å². The first-order valence-corrected chi connectivity index (χ1v) is 6.91. The first kappa shape index (κ1) is 12.6. The van der Waals surface area contributed by atoms with Crippen LogP contribution in [-0.2, 0) is 4.74 Å². The Hall–Kier alpha value is -1.42.